The Morgan fingerprint density at radius 2 is 1.62 bits per heavy atom. The third kappa shape index (κ3) is 2.63. The van der Waals surface area contributed by atoms with Crippen molar-refractivity contribution < 1.29 is 5.11 Å². The smallest absolute Gasteiger partial charge is 0.0658 e. The van der Waals surface area contributed by atoms with E-state index in [4.69, 9.17) is 0 Å². The van der Waals surface area contributed by atoms with Crippen molar-refractivity contribution in [2.75, 3.05) is 0 Å². The first-order chi connectivity index (χ1) is 6.36. The molecule has 0 aromatic rings. The van der Waals surface area contributed by atoms with Crippen LogP contribution in [-0.4, -0.2) is 21.7 Å². The van der Waals surface area contributed by atoms with E-state index in [0.717, 1.165) is 11.7 Å². The van der Waals surface area contributed by atoms with E-state index in [-0.39, 0.29) is 6.10 Å². The van der Waals surface area contributed by atoms with E-state index < -0.39 is 0 Å². The summed E-state index contributed by atoms with van der Waals surface area (Å²) in [4.78, 5) is 0. The van der Waals surface area contributed by atoms with Crippen LogP contribution in [0.15, 0.2) is 0 Å². The van der Waals surface area contributed by atoms with Gasteiger partial charge in [0.2, 0.25) is 0 Å². The van der Waals surface area contributed by atoms with E-state index in [1.807, 2.05) is 0 Å². The molecule has 76 valence electrons. The molecule has 13 heavy (non-hydrogen) atoms. The average Bonchev–Trinajstić information content (AvgIpc) is 2.54. The van der Waals surface area contributed by atoms with Crippen molar-refractivity contribution in [1.29, 1.82) is 0 Å². The Hall–Kier alpha value is 0.310. The fourth-order valence-electron chi connectivity index (χ4n) is 2.51. The second-order valence-electron chi connectivity index (χ2n) is 4.43. The predicted octanol–water partition coefficient (Wildman–Crippen LogP) is 2.97. The minimum Gasteiger partial charge on any atom is -0.392 e. The van der Waals surface area contributed by atoms with Crippen LogP contribution in [0, 0.1) is 0 Å². The summed E-state index contributed by atoms with van der Waals surface area (Å²) in [7, 11) is 0. The van der Waals surface area contributed by atoms with Gasteiger partial charge in [-0.1, -0.05) is 19.3 Å². The van der Waals surface area contributed by atoms with Crippen molar-refractivity contribution in [2.24, 2.45) is 0 Å². The minimum absolute atomic E-state index is 0.00641. The van der Waals surface area contributed by atoms with Gasteiger partial charge in [-0.3, -0.25) is 0 Å². The molecule has 0 heterocycles. The lowest BCUT2D eigenvalue weighted by Gasteiger charge is -2.25. The van der Waals surface area contributed by atoms with Crippen LogP contribution in [0.5, 0.6) is 0 Å². The molecule has 2 heteroatoms. The maximum Gasteiger partial charge on any atom is 0.0658 e. The van der Waals surface area contributed by atoms with Gasteiger partial charge in [-0.15, -0.1) is 0 Å². The van der Waals surface area contributed by atoms with Gasteiger partial charge in [0.25, 0.3) is 0 Å². The molecule has 2 saturated carbocycles. The zero-order chi connectivity index (χ0) is 9.10. The molecule has 0 aromatic carbocycles. The standard InChI is InChI=1S/C11H20OS/c12-10-7-4-8-11(10)13-9-5-2-1-3-6-9/h9-12H,1-8H2. The molecular formula is C11H20OS. The molecule has 0 bridgehead atoms. The Kier molecular flexibility index (Phi) is 3.56. The predicted molar refractivity (Wildman–Crippen MR) is 58.1 cm³/mol. The molecule has 2 atom stereocenters. The monoisotopic (exact) mass is 200 g/mol. The number of aliphatic hydroxyl groups is 1. The quantitative estimate of drug-likeness (QED) is 0.739. The van der Waals surface area contributed by atoms with Gasteiger partial charge < -0.3 is 5.11 Å². The SMILES string of the molecule is OC1CCCC1SC1CCCCC1. The van der Waals surface area contributed by atoms with Crippen LogP contribution in [0.3, 0.4) is 0 Å². The fraction of sp³-hybridized carbons (Fsp3) is 1.00. The fourth-order valence-corrected chi connectivity index (χ4v) is 4.23. The molecule has 0 aromatic heterocycles. The Morgan fingerprint density at radius 3 is 2.23 bits per heavy atom. The van der Waals surface area contributed by atoms with Crippen molar-refractivity contribution >= 4 is 11.8 Å². The largest absolute Gasteiger partial charge is 0.392 e. The molecule has 0 saturated heterocycles. The Balaban J connectivity index is 1.75. The van der Waals surface area contributed by atoms with Crippen LogP contribution in [0.25, 0.3) is 0 Å². The van der Waals surface area contributed by atoms with Gasteiger partial charge in [0, 0.05) is 10.5 Å². The maximum atomic E-state index is 9.70. The highest BCUT2D eigenvalue weighted by atomic mass is 32.2. The topological polar surface area (TPSA) is 20.2 Å². The summed E-state index contributed by atoms with van der Waals surface area (Å²) >= 11 is 2.09. The second kappa shape index (κ2) is 4.70. The van der Waals surface area contributed by atoms with Gasteiger partial charge in [-0.25, -0.2) is 0 Å². The summed E-state index contributed by atoms with van der Waals surface area (Å²) in [6.07, 6.45) is 10.6. The maximum absolute atomic E-state index is 9.70. The van der Waals surface area contributed by atoms with Crippen LogP contribution >= 0.6 is 11.8 Å². The van der Waals surface area contributed by atoms with Gasteiger partial charge in [-0.05, 0) is 32.1 Å². The van der Waals surface area contributed by atoms with E-state index in [2.05, 4.69) is 11.8 Å². The summed E-state index contributed by atoms with van der Waals surface area (Å²) in [6, 6.07) is 0. The van der Waals surface area contributed by atoms with Crippen LogP contribution in [0.4, 0.5) is 0 Å². The van der Waals surface area contributed by atoms with Crippen molar-refractivity contribution in [3.05, 3.63) is 0 Å². The highest BCUT2D eigenvalue weighted by Gasteiger charge is 2.28. The number of hydrogen-bond donors (Lipinski definition) is 1. The number of thioether (sulfide) groups is 1. The minimum atomic E-state index is 0.00641. The van der Waals surface area contributed by atoms with Crippen LogP contribution in [-0.2, 0) is 0 Å². The molecule has 0 aliphatic heterocycles. The van der Waals surface area contributed by atoms with E-state index >= 15 is 0 Å². The lowest BCUT2D eigenvalue weighted by atomic mass is 10.0. The molecule has 1 nitrogen and oxygen atoms in total. The molecule has 0 amide bonds. The number of aliphatic hydroxyl groups excluding tert-OH is 1. The third-order valence-electron chi connectivity index (χ3n) is 3.34. The lowest BCUT2D eigenvalue weighted by Crippen LogP contribution is -2.20. The summed E-state index contributed by atoms with van der Waals surface area (Å²) in [5, 5.41) is 11.1. The second-order valence-corrected chi connectivity index (χ2v) is 5.98. The summed E-state index contributed by atoms with van der Waals surface area (Å²) in [5.41, 5.74) is 0. The molecule has 0 radical (unpaired) electrons. The van der Waals surface area contributed by atoms with Crippen LogP contribution in [0.2, 0.25) is 0 Å². The van der Waals surface area contributed by atoms with E-state index in [9.17, 15) is 5.11 Å². The van der Waals surface area contributed by atoms with Crippen molar-refractivity contribution in [1.82, 2.24) is 0 Å². The summed E-state index contributed by atoms with van der Waals surface area (Å²) in [5.74, 6) is 0. The molecular weight excluding hydrogens is 180 g/mol. The van der Waals surface area contributed by atoms with Gasteiger partial charge in [0.05, 0.1) is 6.10 Å². The van der Waals surface area contributed by atoms with E-state index in [0.29, 0.717) is 5.25 Å². The summed E-state index contributed by atoms with van der Waals surface area (Å²) in [6.45, 7) is 0. The first kappa shape index (κ1) is 9.85. The van der Waals surface area contributed by atoms with Crippen LogP contribution < -0.4 is 0 Å². The average molecular weight is 200 g/mol. The number of hydrogen-bond acceptors (Lipinski definition) is 2. The van der Waals surface area contributed by atoms with E-state index in [1.165, 1.54) is 44.9 Å². The van der Waals surface area contributed by atoms with Gasteiger partial charge >= 0.3 is 0 Å². The number of rotatable bonds is 2. The van der Waals surface area contributed by atoms with Crippen LogP contribution in [0.1, 0.15) is 51.4 Å². The molecule has 2 fully saturated rings. The highest BCUT2D eigenvalue weighted by molar-refractivity contribution is 8.00. The molecule has 2 aliphatic rings. The zero-order valence-corrected chi connectivity index (χ0v) is 9.06. The molecule has 2 aliphatic carbocycles. The van der Waals surface area contributed by atoms with Gasteiger partial charge in [-0.2, -0.15) is 11.8 Å². The molecule has 2 unspecified atom stereocenters. The Bertz CT molecular complexity index is 154. The lowest BCUT2D eigenvalue weighted by molar-refractivity contribution is 0.187. The van der Waals surface area contributed by atoms with E-state index in [1.54, 1.807) is 0 Å². The summed E-state index contributed by atoms with van der Waals surface area (Å²) < 4.78 is 0. The highest BCUT2D eigenvalue weighted by Crippen LogP contribution is 2.37. The Morgan fingerprint density at radius 1 is 0.846 bits per heavy atom. The van der Waals surface area contributed by atoms with Gasteiger partial charge in [0.15, 0.2) is 0 Å². The Labute approximate surface area is 85.3 Å². The van der Waals surface area contributed by atoms with Crippen molar-refractivity contribution in [2.45, 2.75) is 68.0 Å². The third-order valence-corrected chi connectivity index (χ3v) is 5.09. The first-order valence-electron chi connectivity index (χ1n) is 5.70. The first-order valence-corrected chi connectivity index (χ1v) is 6.64. The zero-order valence-electron chi connectivity index (χ0n) is 8.24. The molecule has 1 N–H and O–H groups in total. The van der Waals surface area contributed by atoms with Gasteiger partial charge in [0.1, 0.15) is 0 Å². The van der Waals surface area contributed by atoms with Crippen molar-refractivity contribution in [3.63, 3.8) is 0 Å². The van der Waals surface area contributed by atoms with Crippen molar-refractivity contribution in [3.8, 4) is 0 Å². The normalized spacial score (nSPS) is 36.7. The molecule has 2 rings (SSSR count). The molecule has 0 spiro atoms.